The zero-order chi connectivity index (χ0) is 39.7. The summed E-state index contributed by atoms with van der Waals surface area (Å²) in [6, 6.07) is 13.5. The van der Waals surface area contributed by atoms with Crippen LogP contribution in [0.15, 0.2) is 60.7 Å². The molecule has 0 aromatic heterocycles. The van der Waals surface area contributed by atoms with E-state index >= 15 is 0 Å². The summed E-state index contributed by atoms with van der Waals surface area (Å²) in [4.78, 5) is 34.6. The van der Waals surface area contributed by atoms with Crippen LogP contribution < -0.4 is 21.6 Å². The van der Waals surface area contributed by atoms with E-state index in [9.17, 15) is 37.4 Å². The normalized spacial score (nSPS) is 13.4. The van der Waals surface area contributed by atoms with Crippen molar-refractivity contribution in [1.29, 1.82) is 0 Å². The third-order valence-electron chi connectivity index (χ3n) is 7.49. The largest absolute Gasteiger partial charge is 0.391 e. The number of hydrogen-bond acceptors (Lipinski definition) is 8. The quantitative estimate of drug-likeness (QED) is 0.0318. The van der Waals surface area contributed by atoms with Gasteiger partial charge in [-0.25, -0.2) is 33.4 Å². The van der Waals surface area contributed by atoms with E-state index in [0.29, 0.717) is 27.8 Å². The molecule has 290 valence electrons. The van der Waals surface area contributed by atoms with E-state index in [2.05, 4.69) is 66.8 Å². The molecule has 1 fully saturated rings. The number of benzene rings is 4. The van der Waals surface area contributed by atoms with Crippen LogP contribution in [-0.2, 0) is 9.68 Å². The molecule has 2 amide bonds. The number of hydrogen-bond donors (Lipinski definition) is 6. The Labute approximate surface area is 345 Å². The monoisotopic (exact) mass is 1020 g/mol. The summed E-state index contributed by atoms with van der Waals surface area (Å²) in [6.07, 6.45) is 0.222. The molecule has 2 atom stereocenters. The van der Waals surface area contributed by atoms with Crippen molar-refractivity contribution in [1.82, 2.24) is 11.0 Å². The van der Waals surface area contributed by atoms with Crippen molar-refractivity contribution >= 4 is 103 Å². The van der Waals surface area contributed by atoms with Gasteiger partial charge in [-0.15, -0.1) is 0 Å². The molecule has 2 unspecified atom stereocenters. The lowest BCUT2D eigenvalue weighted by Crippen LogP contribution is -2.31. The topological polar surface area (TPSA) is 141 Å². The number of hydroxylamine groups is 2. The highest BCUT2D eigenvalue weighted by Gasteiger charge is 2.31. The molecule has 1 aliphatic carbocycles. The molecule has 10 nitrogen and oxygen atoms in total. The van der Waals surface area contributed by atoms with Gasteiger partial charge in [-0.1, -0.05) is 37.0 Å². The average Bonchev–Trinajstić information content (AvgIpc) is 3.95. The lowest BCUT2D eigenvalue weighted by molar-refractivity contribution is -0.145. The Balaban J connectivity index is 0.000000241. The van der Waals surface area contributed by atoms with Gasteiger partial charge in [0.05, 0.1) is 50.0 Å². The number of rotatable bonds is 14. The second-order valence-corrected chi connectivity index (χ2v) is 15.7. The van der Waals surface area contributed by atoms with Gasteiger partial charge in [0.15, 0.2) is 29.6 Å². The number of aliphatic hydroxyl groups excluding tert-OH is 2. The van der Waals surface area contributed by atoms with Gasteiger partial charge in [-0.05, 0) is 119 Å². The van der Waals surface area contributed by atoms with Crippen molar-refractivity contribution in [3.63, 3.8) is 0 Å². The van der Waals surface area contributed by atoms with Crippen LogP contribution in [0, 0.1) is 42.2 Å². The fraction of sp³-hybridized carbons (Fsp3) is 0.278. The first-order chi connectivity index (χ1) is 25.5. The van der Waals surface area contributed by atoms with E-state index in [1.807, 2.05) is 13.8 Å². The van der Waals surface area contributed by atoms with Crippen LogP contribution in [0.5, 0.6) is 0 Å². The van der Waals surface area contributed by atoms with Gasteiger partial charge in [0, 0.05) is 25.2 Å². The number of aliphatic hydroxyl groups is 2. The summed E-state index contributed by atoms with van der Waals surface area (Å²) in [5.41, 5.74) is 4.71. The summed E-state index contributed by atoms with van der Waals surface area (Å²) in [7, 11) is 0. The van der Waals surface area contributed by atoms with Crippen LogP contribution in [0.4, 0.5) is 40.3 Å². The van der Waals surface area contributed by atoms with Crippen LogP contribution in [0.3, 0.4) is 0 Å². The Morgan fingerprint density at radius 3 is 1.61 bits per heavy atom. The number of carbonyl (C=O) groups is 2. The second-order valence-electron chi connectivity index (χ2n) is 12.4. The van der Waals surface area contributed by atoms with Gasteiger partial charge >= 0.3 is 0 Å². The van der Waals surface area contributed by atoms with Crippen molar-refractivity contribution in [2.45, 2.75) is 45.5 Å². The molecule has 0 heterocycles. The SMILES string of the molecule is CC(C)CC(O)CONC(=O)c1cc(F)c(F)cc1Nc1ccc(I)cc1Cl.O=C(NOC(O)C1CC1)c1cc(F)c(F)cc1Nc1ccc(I)cc1Cl. The predicted octanol–water partition coefficient (Wildman–Crippen LogP) is 9.39. The van der Waals surface area contributed by atoms with Crippen molar-refractivity contribution in [2.75, 3.05) is 17.2 Å². The van der Waals surface area contributed by atoms with E-state index in [4.69, 9.17) is 32.9 Å². The van der Waals surface area contributed by atoms with Gasteiger partial charge in [0.2, 0.25) is 0 Å². The second kappa shape index (κ2) is 20.3. The summed E-state index contributed by atoms with van der Waals surface area (Å²) in [5.74, 6) is -5.98. The van der Waals surface area contributed by atoms with Crippen molar-refractivity contribution < 1.29 is 47.0 Å². The smallest absolute Gasteiger partial charge is 0.277 e. The Bertz CT molecular complexity index is 1980. The third kappa shape index (κ3) is 13.1. The minimum absolute atomic E-state index is 0.00835. The fourth-order valence-corrected chi connectivity index (χ4v) is 6.47. The maximum Gasteiger partial charge on any atom is 0.277 e. The molecule has 18 heteroatoms. The van der Waals surface area contributed by atoms with Gasteiger partial charge < -0.3 is 20.8 Å². The molecule has 54 heavy (non-hydrogen) atoms. The molecule has 0 saturated heterocycles. The fourth-order valence-electron chi connectivity index (χ4n) is 4.67. The highest BCUT2D eigenvalue weighted by atomic mass is 127. The summed E-state index contributed by atoms with van der Waals surface area (Å²) < 4.78 is 56.5. The molecule has 0 radical (unpaired) electrons. The van der Waals surface area contributed by atoms with E-state index in [1.54, 1.807) is 36.4 Å². The molecule has 1 aliphatic rings. The van der Waals surface area contributed by atoms with Crippen LogP contribution in [0.2, 0.25) is 10.0 Å². The summed E-state index contributed by atoms with van der Waals surface area (Å²) >= 11 is 16.5. The molecular formula is C36H34Cl2F4I2N4O6. The first kappa shape index (κ1) is 43.7. The Kier molecular flexibility index (Phi) is 16.4. The van der Waals surface area contributed by atoms with Gasteiger partial charge in [0.25, 0.3) is 11.8 Å². The van der Waals surface area contributed by atoms with Crippen LogP contribution in [-0.4, -0.2) is 41.0 Å². The summed E-state index contributed by atoms with van der Waals surface area (Å²) in [6.45, 7) is 3.76. The van der Waals surface area contributed by atoms with Gasteiger partial charge in [-0.3, -0.25) is 14.4 Å². The average molecular weight is 1020 g/mol. The predicted molar refractivity (Wildman–Crippen MR) is 214 cm³/mol. The van der Waals surface area contributed by atoms with Crippen LogP contribution in [0.25, 0.3) is 0 Å². The molecule has 0 bridgehead atoms. The zero-order valence-electron chi connectivity index (χ0n) is 28.5. The standard InChI is InChI=1S/C19H20ClF2IN2O3.C17H14ClF2IN2O3/c1-10(2)5-12(26)9-28-25-19(27)13-7-15(21)16(22)8-18(13)24-17-4-3-11(23)6-14(17)20;18-11-5-9(21)3-4-14(11)22-15-7-13(20)12(19)6-10(15)16(24)23-26-17(25)8-1-2-8/h3-4,6-8,10,12,24,26H,5,9H2,1-2H3,(H,25,27);3-8,17,22,25H,1-2H2,(H,23,24). The molecule has 5 rings (SSSR count). The molecule has 4 aromatic carbocycles. The van der Waals surface area contributed by atoms with E-state index in [0.717, 1.165) is 44.2 Å². The number of amides is 2. The maximum atomic E-state index is 13.7. The van der Waals surface area contributed by atoms with Crippen molar-refractivity contribution in [3.05, 3.63) is 112 Å². The minimum Gasteiger partial charge on any atom is -0.391 e. The molecule has 6 N–H and O–H groups in total. The van der Waals surface area contributed by atoms with Crippen LogP contribution >= 0.6 is 68.4 Å². The van der Waals surface area contributed by atoms with Crippen molar-refractivity contribution in [3.8, 4) is 0 Å². The van der Waals surface area contributed by atoms with E-state index in [-0.39, 0.29) is 40.9 Å². The zero-order valence-corrected chi connectivity index (χ0v) is 34.3. The van der Waals surface area contributed by atoms with Crippen molar-refractivity contribution in [2.24, 2.45) is 11.8 Å². The first-order valence-electron chi connectivity index (χ1n) is 16.2. The Hall–Kier alpha value is -2.98. The van der Waals surface area contributed by atoms with Gasteiger partial charge in [-0.2, -0.15) is 0 Å². The molecule has 4 aromatic rings. The number of nitrogens with one attached hydrogen (secondary N) is 4. The van der Waals surface area contributed by atoms with Crippen LogP contribution in [0.1, 0.15) is 53.8 Å². The Morgan fingerprint density at radius 2 is 1.19 bits per heavy atom. The minimum atomic E-state index is -1.18. The molecule has 0 spiro atoms. The lowest BCUT2D eigenvalue weighted by Gasteiger charge is -2.16. The lowest BCUT2D eigenvalue weighted by atomic mass is 10.1. The Morgan fingerprint density at radius 1 is 0.741 bits per heavy atom. The molecular weight excluding hydrogens is 985 g/mol. The summed E-state index contributed by atoms with van der Waals surface area (Å²) in [5, 5.41) is 25.8. The first-order valence-corrected chi connectivity index (χ1v) is 19.1. The number of carbonyl (C=O) groups excluding carboxylic acids is 2. The van der Waals surface area contributed by atoms with Gasteiger partial charge in [0.1, 0.15) is 6.61 Å². The number of halogens is 8. The van der Waals surface area contributed by atoms with E-state index in [1.165, 1.54) is 0 Å². The number of anilines is 4. The highest BCUT2D eigenvalue weighted by molar-refractivity contribution is 14.1. The molecule has 1 saturated carbocycles. The maximum absolute atomic E-state index is 13.7. The highest BCUT2D eigenvalue weighted by Crippen LogP contribution is 2.34. The van der Waals surface area contributed by atoms with E-state index < -0.39 is 47.5 Å². The molecule has 0 aliphatic heterocycles. The third-order valence-corrected chi connectivity index (χ3v) is 9.46.